The second kappa shape index (κ2) is 10.9. The summed E-state index contributed by atoms with van der Waals surface area (Å²) in [4.78, 5) is 16.1. The van der Waals surface area contributed by atoms with Crippen molar-refractivity contribution in [1.82, 2.24) is 4.98 Å². The van der Waals surface area contributed by atoms with Crippen LogP contribution >= 0.6 is 11.8 Å². The molecule has 28 heavy (non-hydrogen) atoms. The van der Waals surface area contributed by atoms with E-state index < -0.39 is 0 Å². The predicted octanol–water partition coefficient (Wildman–Crippen LogP) is 6.78. The highest BCUT2D eigenvalue weighted by Crippen LogP contribution is 2.33. The molecule has 0 aliphatic rings. The van der Waals surface area contributed by atoms with E-state index in [9.17, 15) is 4.79 Å². The molecule has 3 rings (SSSR count). The van der Waals surface area contributed by atoms with Gasteiger partial charge in [-0.2, -0.15) is 0 Å². The van der Waals surface area contributed by atoms with E-state index in [0.717, 1.165) is 67.0 Å². The molecule has 0 fully saturated rings. The SMILES string of the molecule is CSC(=O)CCCCCCCc1nc(-c2ccccc2)c(-c2ccccc2)o1. The van der Waals surface area contributed by atoms with Gasteiger partial charge in [-0.3, -0.25) is 4.79 Å². The minimum atomic E-state index is 0.293. The summed E-state index contributed by atoms with van der Waals surface area (Å²) >= 11 is 1.33. The summed E-state index contributed by atoms with van der Waals surface area (Å²) in [6, 6.07) is 20.4. The molecule has 0 N–H and O–H groups in total. The number of aromatic nitrogens is 1. The monoisotopic (exact) mass is 393 g/mol. The topological polar surface area (TPSA) is 43.1 Å². The lowest BCUT2D eigenvalue weighted by atomic mass is 10.1. The van der Waals surface area contributed by atoms with E-state index in [1.165, 1.54) is 11.8 Å². The summed E-state index contributed by atoms with van der Waals surface area (Å²) in [7, 11) is 0. The summed E-state index contributed by atoms with van der Waals surface area (Å²) in [6.45, 7) is 0. The second-order valence-corrected chi connectivity index (χ2v) is 7.72. The normalized spacial score (nSPS) is 10.9. The maximum atomic E-state index is 11.3. The molecule has 0 bridgehead atoms. The molecule has 0 aliphatic carbocycles. The lowest BCUT2D eigenvalue weighted by Crippen LogP contribution is -1.90. The first-order valence-corrected chi connectivity index (χ1v) is 11.2. The molecule has 3 nitrogen and oxygen atoms in total. The Balaban J connectivity index is 1.60. The first-order valence-electron chi connectivity index (χ1n) is 9.95. The lowest BCUT2D eigenvalue weighted by Gasteiger charge is -2.01. The molecule has 0 amide bonds. The maximum absolute atomic E-state index is 11.3. The van der Waals surface area contributed by atoms with Crippen molar-refractivity contribution in [2.75, 3.05) is 6.26 Å². The van der Waals surface area contributed by atoms with E-state index in [0.29, 0.717) is 11.5 Å². The zero-order valence-corrected chi connectivity index (χ0v) is 17.2. The number of hydrogen-bond acceptors (Lipinski definition) is 4. The second-order valence-electron chi connectivity index (χ2n) is 6.86. The highest BCUT2D eigenvalue weighted by atomic mass is 32.2. The van der Waals surface area contributed by atoms with Crippen molar-refractivity contribution in [2.45, 2.75) is 44.9 Å². The third-order valence-electron chi connectivity index (χ3n) is 4.75. The van der Waals surface area contributed by atoms with Crippen molar-refractivity contribution in [1.29, 1.82) is 0 Å². The fourth-order valence-electron chi connectivity index (χ4n) is 3.23. The van der Waals surface area contributed by atoms with Gasteiger partial charge in [0.1, 0.15) is 5.69 Å². The number of nitrogens with zero attached hydrogens (tertiary/aromatic N) is 1. The van der Waals surface area contributed by atoms with Crippen LogP contribution in [-0.2, 0) is 11.2 Å². The van der Waals surface area contributed by atoms with Gasteiger partial charge in [0.25, 0.3) is 0 Å². The van der Waals surface area contributed by atoms with E-state index in [2.05, 4.69) is 24.3 Å². The van der Waals surface area contributed by atoms with E-state index in [1.807, 2.05) is 42.7 Å². The molecule has 0 spiro atoms. The largest absolute Gasteiger partial charge is 0.440 e. The first kappa shape index (κ1) is 20.4. The Kier molecular flexibility index (Phi) is 7.92. The van der Waals surface area contributed by atoms with Crippen LogP contribution in [0.3, 0.4) is 0 Å². The molecule has 2 aromatic carbocycles. The molecule has 0 saturated carbocycles. The number of rotatable bonds is 10. The van der Waals surface area contributed by atoms with E-state index in [4.69, 9.17) is 9.40 Å². The zero-order valence-electron chi connectivity index (χ0n) is 16.4. The molecule has 4 heteroatoms. The van der Waals surface area contributed by atoms with Gasteiger partial charge in [-0.25, -0.2) is 4.98 Å². The molecule has 0 aliphatic heterocycles. The number of aryl methyl sites for hydroxylation is 1. The van der Waals surface area contributed by atoms with Crippen LogP contribution in [0.1, 0.15) is 44.4 Å². The Morgan fingerprint density at radius 3 is 2.14 bits per heavy atom. The Labute approximate surface area is 171 Å². The van der Waals surface area contributed by atoms with Crippen LogP contribution in [0.4, 0.5) is 0 Å². The van der Waals surface area contributed by atoms with Gasteiger partial charge in [-0.05, 0) is 19.1 Å². The molecule has 0 saturated heterocycles. The van der Waals surface area contributed by atoms with Gasteiger partial charge < -0.3 is 4.42 Å². The average molecular weight is 394 g/mol. The van der Waals surface area contributed by atoms with Crippen LogP contribution in [0.15, 0.2) is 65.1 Å². The average Bonchev–Trinajstić information content (AvgIpc) is 3.18. The molecular weight excluding hydrogens is 366 g/mol. The summed E-state index contributed by atoms with van der Waals surface area (Å²) in [6.07, 6.45) is 8.85. The molecular formula is C24H27NO2S. The van der Waals surface area contributed by atoms with Crippen molar-refractivity contribution >= 4 is 16.9 Å². The van der Waals surface area contributed by atoms with Crippen molar-refractivity contribution < 1.29 is 9.21 Å². The van der Waals surface area contributed by atoms with Gasteiger partial charge in [-0.15, -0.1) is 0 Å². The lowest BCUT2D eigenvalue weighted by molar-refractivity contribution is -0.111. The predicted molar refractivity (Wildman–Crippen MR) is 117 cm³/mol. The van der Waals surface area contributed by atoms with Gasteiger partial charge >= 0.3 is 0 Å². The molecule has 0 radical (unpaired) electrons. The van der Waals surface area contributed by atoms with Crippen LogP contribution in [0.25, 0.3) is 22.6 Å². The number of carbonyl (C=O) groups is 1. The molecule has 1 heterocycles. The minimum absolute atomic E-state index is 0.293. The van der Waals surface area contributed by atoms with E-state index in [1.54, 1.807) is 0 Å². The molecule has 0 unspecified atom stereocenters. The minimum Gasteiger partial charge on any atom is -0.440 e. The summed E-state index contributed by atoms with van der Waals surface area (Å²) < 4.78 is 6.17. The maximum Gasteiger partial charge on any atom is 0.195 e. The zero-order chi connectivity index (χ0) is 19.6. The highest BCUT2D eigenvalue weighted by Gasteiger charge is 2.16. The highest BCUT2D eigenvalue weighted by molar-refractivity contribution is 8.13. The number of oxazole rings is 1. The Morgan fingerprint density at radius 1 is 0.857 bits per heavy atom. The van der Waals surface area contributed by atoms with Crippen LogP contribution < -0.4 is 0 Å². The van der Waals surface area contributed by atoms with Gasteiger partial charge in [0.2, 0.25) is 0 Å². The quantitative estimate of drug-likeness (QED) is 0.356. The number of benzene rings is 2. The number of carbonyl (C=O) groups excluding carboxylic acids is 1. The van der Waals surface area contributed by atoms with Gasteiger partial charge in [0.05, 0.1) is 0 Å². The summed E-state index contributed by atoms with van der Waals surface area (Å²) in [5.74, 6) is 1.65. The fourth-order valence-corrected chi connectivity index (χ4v) is 3.57. The van der Waals surface area contributed by atoms with Crippen LogP contribution in [-0.4, -0.2) is 16.4 Å². The van der Waals surface area contributed by atoms with Gasteiger partial charge in [0, 0.05) is 24.0 Å². The number of thioether (sulfide) groups is 1. The van der Waals surface area contributed by atoms with Crippen molar-refractivity contribution in [3.8, 4) is 22.6 Å². The van der Waals surface area contributed by atoms with Crippen molar-refractivity contribution in [3.63, 3.8) is 0 Å². The van der Waals surface area contributed by atoms with Crippen LogP contribution in [0.2, 0.25) is 0 Å². The summed E-state index contributed by atoms with van der Waals surface area (Å²) in [5.41, 5.74) is 3.05. The van der Waals surface area contributed by atoms with E-state index in [-0.39, 0.29) is 0 Å². The van der Waals surface area contributed by atoms with Crippen molar-refractivity contribution in [3.05, 3.63) is 66.6 Å². The first-order chi connectivity index (χ1) is 13.8. The fraction of sp³-hybridized carbons (Fsp3) is 0.333. The number of hydrogen-bond donors (Lipinski definition) is 0. The van der Waals surface area contributed by atoms with Crippen LogP contribution in [0.5, 0.6) is 0 Å². The third kappa shape index (κ3) is 5.83. The number of unbranched alkanes of at least 4 members (excludes halogenated alkanes) is 4. The standard InChI is InChI=1S/C24H27NO2S/c1-28-22(26)18-12-4-2-3-11-17-21-25-23(19-13-7-5-8-14-19)24(27-21)20-15-9-6-10-16-20/h5-10,13-16H,2-4,11-12,17-18H2,1H3. The molecule has 1 aromatic heterocycles. The van der Waals surface area contributed by atoms with E-state index >= 15 is 0 Å². The Bertz CT molecular complexity index is 802. The summed E-state index contributed by atoms with van der Waals surface area (Å²) in [5, 5.41) is 0.293. The molecule has 0 atom stereocenters. The smallest absolute Gasteiger partial charge is 0.195 e. The van der Waals surface area contributed by atoms with Gasteiger partial charge in [-0.1, -0.05) is 91.7 Å². The van der Waals surface area contributed by atoms with Crippen LogP contribution in [0, 0.1) is 0 Å². The van der Waals surface area contributed by atoms with Gasteiger partial charge in [0.15, 0.2) is 16.8 Å². The molecule has 146 valence electrons. The Hall–Kier alpha value is -2.33. The third-order valence-corrected chi connectivity index (χ3v) is 5.41. The molecule has 3 aromatic rings. The Morgan fingerprint density at radius 2 is 1.46 bits per heavy atom. The van der Waals surface area contributed by atoms with Crippen molar-refractivity contribution in [2.24, 2.45) is 0 Å².